The first-order valence-electron chi connectivity index (χ1n) is 8.08. The lowest BCUT2D eigenvalue weighted by atomic mass is 10.2. The Morgan fingerprint density at radius 3 is 2.73 bits per heavy atom. The lowest BCUT2D eigenvalue weighted by Gasteiger charge is -2.11. The molecule has 0 spiro atoms. The quantitative estimate of drug-likeness (QED) is 0.424. The molecule has 0 atom stereocenters. The number of rotatable bonds is 7. The topological polar surface area (TPSA) is 63.7 Å². The van der Waals surface area contributed by atoms with E-state index in [0.717, 1.165) is 40.2 Å². The van der Waals surface area contributed by atoms with Gasteiger partial charge in [-0.2, -0.15) is 5.26 Å². The molecule has 0 fully saturated rings. The number of benzene rings is 2. The fourth-order valence-corrected chi connectivity index (χ4v) is 3.47. The van der Waals surface area contributed by atoms with Crippen LogP contribution in [0.25, 0.3) is 17.1 Å². The lowest BCUT2D eigenvalue weighted by Crippen LogP contribution is -2.00. The molecule has 1 aromatic heterocycles. The van der Waals surface area contributed by atoms with Gasteiger partial charge in [-0.05, 0) is 42.8 Å². The largest absolute Gasteiger partial charge is 0.497 e. The van der Waals surface area contributed by atoms with Crippen molar-refractivity contribution in [3.8, 4) is 28.9 Å². The van der Waals surface area contributed by atoms with E-state index in [2.05, 4.69) is 16.3 Å². The minimum atomic E-state index is 0.533. The fourth-order valence-electron chi connectivity index (χ4n) is 2.45. The van der Waals surface area contributed by atoms with Crippen LogP contribution in [0.1, 0.15) is 12.8 Å². The Morgan fingerprint density at radius 1 is 1.19 bits per heavy atom. The monoisotopic (exact) mass is 384 g/mol. The van der Waals surface area contributed by atoms with Gasteiger partial charge >= 0.3 is 0 Å². The highest BCUT2D eigenvalue weighted by molar-refractivity contribution is 7.99. The van der Waals surface area contributed by atoms with E-state index in [0.29, 0.717) is 11.4 Å². The van der Waals surface area contributed by atoms with Crippen LogP contribution in [0.3, 0.4) is 0 Å². The van der Waals surface area contributed by atoms with Gasteiger partial charge in [-0.1, -0.05) is 35.5 Å². The number of nitriles is 1. The number of nitrogens with zero attached hydrogens (tertiary/aromatic N) is 4. The summed E-state index contributed by atoms with van der Waals surface area (Å²) in [6.07, 6.45) is 1.34. The van der Waals surface area contributed by atoms with Gasteiger partial charge in [0.25, 0.3) is 0 Å². The number of ether oxygens (including phenoxy) is 1. The molecule has 0 bridgehead atoms. The molecule has 0 N–H and O–H groups in total. The highest BCUT2D eigenvalue weighted by atomic mass is 35.5. The number of thioether (sulfide) groups is 1. The smallest absolute Gasteiger partial charge is 0.196 e. The maximum absolute atomic E-state index is 8.71. The van der Waals surface area contributed by atoms with Crippen molar-refractivity contribution in [2.24, 2.45) is 0 Å². The Balaban J connectivity index is 2.02. The first kappa shape index (κ1) is 18.3. The van der Waals surface area contributed by atoms with Crippen molar-refractivity contribution in [2.45, 2.75) is 18.0 Å². The lowest BCUT2D eigenvalue weighted by molar-refractivity contribution is 0.415. The summed E-state index contributed by atoms with van der Waals surface area (Å²) in [6, 6.07) is 17.5. The van der Waals surface area contributed by atoms with Gasteiger partial charge < -0.3 is 4.74 Å². The maximum Gasteiger partial charge on any atom is 0.196 e. The third-order valence-electron chi connectivity index (χ3n) is 3.71. The summed E-state index contributed by atoms with van der Waals surface area (Å²) in [6.45, 7) is 0. The Labute approximate surface area is 161 Å². The summed E-state index contributed by atoms with van der Waals surface area (Å²) in [7, 11) is 1.64. The summed E-state index contributed by atoms with van der Waals surface area (Å²) in [5.41, 5.74) is 1.84. The molecular formula is C19H17ClN4OS. The number of hydrogen-bond donors (Lipinski definition) is 0. The van der Waals surface area contributed by atoms with Gasteiger partial charge in [-0.3, -0.25) is 4.57 Å². The first-order chi connectivity index (χ1) is 12.7. The predicted octanol–water partition coefficient (Wildman–Crippen LogP) is 4.99. The number of hydrogen-bond acceptors (Lipinski definition) is 5. The third-order valence-corrected chi connectivity index (χ3v) is 4.98. The standard InChI is InChI=1S/C19H17ClN4OS/c1-25-17-6-4-5-14(13-17)18-22-23-19(26-12-3-2-11-21)24(18)16-9-7-15(20)8-10-16/h4-10,13H,2-3,12H2,1H3. The Morgan fingerprint density at radius 2 is 2.00 bits per heavy atom. The highest BCUT2D eigenvalue weighted by Gasteiger charge is 2.16. The van der Waals surface area contributed by atoms with Crippen LogP contribution in [0.4, 0.5) is 0 Å². The van der Waals surface area contributed by atoms with E-state index in [1.165, 1.54) is 0 Å². The molecule has 0 saturated carbocycles. The molecule has 3 rings (SSSR count). The van der Waals surface area contributed by atoms with Gasteiger partial charge in [0, 0.05) is 28.4 Å². The second-order valence-electron chi connectivity index (χ2n) is 5.46. The minimum absolute atomic E-state index is 0.533. The van der Waals surface area contributed by atoms with Crippen molar-refractivity contribution in [3.63, 3.8) is 0 Å². The van der Waals surface area contributed by atoms with Crippen LogP contribution < -0.4 is 4.74 Å². The molecule has 7 heteroatoms. The summed E-state index contributed by atoms with van der Waals surface area (Å²) < 4.78 is 7.33. The van der Waals surface area contributed by atoms with E-state index in [9.17, 15) is 0 Å². The number of aromatic nitrogens is 3. The van der Waals surface area contributed by atoms with E-state index in [4.69, 9.17) is 21.6 Å². The molecule has 0 amide bonds. The molecule has 0 aliphatic carbocycles. The van der Waals surface area contributed by atoms with Gasteiger partial charge in [-0.25, -0.2) is 0 Å². The molecule has 3 aromatic rings. The van der Waals surface area contributed by atoms with Crippen LogP contribution in [0.15, 0.2) is 53.7 Å². The molecule has 5 nitrogen and oxygen atoms in total. The van der Waals surface area contributed by atoms with Crippen LogP contribution in [0, 0.1) is 11.3 Å². The van der Waals surface area contributed by atoms with Gasteiger partial charge in [-0.15, -0.1) is 10.2 Å². The summed E-state index contributed by atoms with van der Waals surface area (Å²) in [4.78, 5) is 0. The molecule has 0 radical (unpaired) electrons. The average molecular weight is 385 g/mol. The minimum Gasteiger partial charge on any atom is -0.497 e. The molecule has 26 heavy (non-hydrogen) atoms. The highest BCUT2D eigenvalue weighted by Crippen LogP contribution is 2.30. The average Bonchev–Trinajstić information content (AvgIpc) is 3.10. The zero-order valence-electron chi connectivity index (χ0n) is 14.2. The number of unbranched alkanes of at least 4 members (excludes halogenated alkanes) is 1. The van der Waals surface area contributed by atoms with Crippen molar-refractivity contribution >= 4 is 23.4 Å². The second-order valence-corrected chi connectivity index (χ2v) is 6.96. The van der Waals surface area contributed by atoms with Gasteiger partial charge in [0.2, 0.25) is 0 Å². The molecule has 0 saturated heterocycles. The number of methoxy groups -OCH3 is 1. The Hall–Kier alpha value is -2.49. The molecule has 2 aromatic carbocycles. The summed E-state index contributed by atoms with van der Waals surface area (Å²) in [5.74, 6) is 2.29. The third kappa shape index (κ3) is 4.18. The Kier molecular flexibility index (Phi) is 6.16. The fraction of sp³-hybridized carbons (Fsp3) is 0.211. The maximum atomic E-state index is 8.71. The van der Waals surface area contributed by atoms with E-state index in [1.807, 2.05) is 53.1 Å². The second kappa shape index (κ2) is 8.75. The zero-order chi connectivity index (χ0) is 18.4. The van der Waals surface area contributed by atoms with Gasteiger partial charge in [0.15, 0.2) is 11.0 Å². The van der Waals surface area contributed by atoms with Crippen LogP contribution in [0.5, 0.6) is 5.75 Å². The van der Waals surface area contributed by atoms with Gasteiger partial charge in [0.1, 0.15) is 5.75 Å². The SMILES string of the molecule is COc1cccc(-c2nnc(SCCCC#N)n2-c2ccc(Cl)cc2)c1. The van der Waals surface area contributed by atoms with E-state index >= 15 is 0 Å². The van der Waals surface area contributed by atoms with E-state index in [1.54, 1.807) is 18.9 Å². The summed E-state index contributed by atoms with van der Waals surface area (Å²) >= 11 is 7.62. The molecule has 0 unspecified atom stereocenters. The van der Waals surface area contributed by atoms with Crippen LogP contribution in [-0.4, -0.2) is 27.6 Å². The Bertz CT molecular complexity index is 918. The normalized spacial score (nSPS) is 10.5. The van der Waals surface area contributed by atoms with E-state index < -0.39 is 0 Å². The summed E-state index contributed by atoms with van der Waals surface area (Å²) in [5, 5.41) is 18.9. The molecule has 132 valence electrons. The molecule has 0 aliphatic heterocycles. The van der Waals surface area contributed by atoms with Crippen molar-refractivity contribution in [3.05, 3.63) is 53.6 Å². The molecular weight excluding hydrogens is 368 g/mol. The number of halogens is 1. The molecule has 1 heterocycles. The van der Waals surface area contributed by atoms with E-state index in [-0.39, 0.29) is 0 Å². The van der Waals surface area contributed by atoms with Crippen LogP contribution in [0.2, 0.25) is 5.02 Å². The zero-order valence-corrected chi connectivity index (χ0v) is 15.8. The molecule has 0 aliphatic rings. The predicted molar refractivity (Wildman–Crippen MR) is 104 cm³/mol. The van der Waals surface area contributed by atoms with Crippen molar-refractivity contribution < 1.29 is 4.74 Å². The van der Waals surface area contributed by atoms with Crippen molar-refractivity contribution in [1.29, 1.82) is 5.26 Å². The van der Waals surface area contributed by atoms with Gasteiger partial charge in [0.05, 0.1) is 13.2 Å². The van der Waals surface area contributed by atoms with Crippen molar-refractivity contribution in [2.75, 3.05) is 12.9 Å². The van der Waals surface area contributed by atoms with Crippen molar-refractivity contribution in [1.82, 2.24) is 14.8 Å². The van der Waals surface area contributed by atoms with Crippen LogP contribution >= 0.6 is 23.4 Å². The first-order valence-corrected chi connectivity index (χ1v) is 9.45. The van der Waals surface area contributed by atoms with Crippen LogP contribution in [-0.2, 0) is 0 Å².